The molecule has 1 aromatic rings. The molecule has 3 nitrogen and oxygen atoms in total. The Morgan fingerprint density at radius 1 is 1.33 bits per heavy atom. The van der Waals surface area contributed by atoms with Crippen molar-refractivity contribution < 1.29 is 9.84 Å². The summed E-state index contributed by atoms with van der Waals surface area (Å²) < 4.78 is 6.40. The highest BCUT2D eigenvalue weighted by Crippen LogP contribution is 2.30. The minimum Gasteiger partial charge on any atom is -0.488 e. The smallest absolute Gasteiger partial charge is 0.130 e. The molecule has 0 unspecified atom stereocenters. The summed E-state index contributed by atoms with van der Waals surface area (Å²) in [5.41, 5.74) is 4.52. The summed E-state index contributed by atoms with van der Waals surface area (Å²) in [6, 6.07) is 4.25. The van der Waals surface area contributed by atoms with Gasteiger partial charge < -0.3 is 14.7 Å². The third-order valence-electron chi connectivity index (χ3n) is 4.10. The summed E-state index contributed by atoms with van der Waals surface area (Å²) in [4.78, 5) is 2.22. The molecular weight excluding hydrogens is 298 g/mol. The molecule has 1 aromatic carbocycles. The summed E-state index contributed by atoms with van der Waals surface area (Å²) in [6.45, 7) is 14.3. The van der Waals surface area contributed by atoms with Gasteiger partial charge in [-0.1, -0.05) is 43.4 Å². The predicted octanol–water partition coefficient (Wildman–Crippen LogP) is 4.36. The van der Waals surface area contributed by atoms with Crippen LogP contribution < -0.4 is 4.74 Å². The second kappa shape index (κ2) is 10.3. The van der Waals surface area contributed by atoms with E-state index < -0.39 is 0 Å². The fourth-order valence-electron chi connectivity index (χ4n) is 2.59. The zero-order valence-electron chi connectivity index (χ0n) is 15.9. The molecule has 0 saturated heterocycles. The molecule has 0 aliphatic carbocycles. The molecular formula is C21H33NO2. The number of likely N-dealkylation sites (N-methyl/N-ethyl adjacent to an activating group) is 1. The van der Waals surface area contributed by atoms with Gasteiger partial charge in [0.05, 0.1) is 0 Å². The van der Waals surface area contributed by atoms with E-state index in [0.29, 0.717) is 0 Å². The third-order valence-corrected chi connectivity index (χ3v) is 4.10. The Labute approximate surface area is 147 Å². The van der Waals surface area contributed by atoms with Crippen LogP contribution >= 0.6 is 0 Å². The number of allylic oxidation sites excluding steroid dienone is 2. The van der Waals surface area contributed by atoms with Crippen LogP contribution in [-0.2, 0) is 0 Å². The Bertz CT molecular complexity index is 563. The lowest BCUT2D eigenvalue weighted by atomic mass is 10.0. The SMILES string of the molecule is C=C(C)/C=C\c1c(C)ccc(C)c1O[C@H](CC)CN(C)CCCO. The summed E-state index contributed by atoms with van der Waals surface area (Å²) in [6.07, 6.45) is 6.00. The molecule has 0 bridgehead atoms. The summed E-state index contributed by atoms with van der Waals surface area (Å²) in [5.74, 6) is 0.968. The maximum Gasteiger partial charge on any atom is 0.130 e. The van der Waals surface area contributed by atoms with Crippen LogP contribution in [0.15, 0.2) is 30.4 Å². The van der Waals surface area contributed by atoms with Gasteiger partial charge >= 0.3 is 0 Å². The Kier molecular flexibility index (Phi) is 8.80. The highest BCUT2D eigenvalue weighted by Gasteiger charge is 2.16. The number of nitrogens with zero attached hydrogens (tertiary/aromatic N) is 1. The zero-order valence-corrected chi connectivity index (χ0v) is 15.9. The molecule has 24 heavy (non-hydrogen) atoms. The number of hydrogen-bond donors (Lipinski definition) is 1. The van der Waals surface area contributed by atoms with E-state index in [1.54, 1.807) is 0 Å². The van der Waals surface area contributed by atoms with Crippen molar-refractivity contribution >= 4 is 6.08 Å². The molecule has 0 aliphatic heterocycles. The fourth-order valence-corrected chi connectivity index (χ4v) is 2.59. The molecule has 0 amide bonds. The second-order valence-electron chi connectivity index (χ2n) is 6.61. The quantitative estimate of drug-likeness (QED) is 0.646. The van der Waals surface area contributed by atoms with E-state index in [1.807, 2.05) is 13.0 Å². The van der Waals surface area contributed by atoms with E-state index in [4.69, 9.17) is 9.84 Å². The number of aliphatic hydroxyl groups excluding tert-OH is 1. The summed E-state index contributed by atoms with van der Waals surface area (Å²) >= 11 is 0. The lowest BCUT2D eigenvalue weighted by Crippen LogP contribution is -2.33. The minimum absolute atomic E-state index is 0.131. The summed E-state index contributed by atoms with van der Waals surface area (Å²) in [5, 5.41) is 8.98. The molecule has 0 fully saturated rings. The number of benzene rings is 1. The van der Waals surface area contributed by atoms with Crippen LogP contribution in [-0.4, -0.2) is 42.9 Å². The molecule has 3 heteroatoms. The van der Waals surface area contributed by atoms with E-state index in [-0.39, 0.29) is 12.7 Å². The largest absolute Gasteiger partial charge is 0.488 e. The number of rotatable bonds is 10. The van der Waals surface area contributed by atoms with E-state index >= 15 is 0 Å². The number of aliphatic hydroxyl groups is 1. The predicted molar refractivity (Wildman–Crippen MR) is 104 cm³/mol. The van der Waals surface area contributed by atoms with Crippen molar-refractivity contribution in [3.05, 3.63) is 47.1 Å². The van der Waals surface area contributed by atoms with Crippen molar-refractivity contribution in [2.75, 3.05) is 26.7 Å². The normalized spacial score (nSPS) is 12.8. The van der Waals surface area contributed by atoms with Crippen LogP contribution in [0, 0.1) is 13.8 Å². The number of ether oxygens (including phenoxy) is 1. The van der Waals surface area contributed by atoms with Crippen molar-refractivity contribution in [3.8, 4) is 5.75 Å². The first-order valence-electron chi connectivity index (χ1n) is 8.78. The van der Waals surface area contributed by atoms with Gasteiger partial charge in [0, 0.05) is 25.3 Å². The molecule has 134 valence electrons. The number of aryl methyl sites for hydroxylation is 2. The lowest BCUT2D eigenvalue weighted by Gasteiger charge is -2.26. The molecule has 1 rings (SSSR count). The van der Waals surface area contributed by atoms with Crippen LogP contribution in [0.3, 0.4) is 0 Å². The average molecular weight is 332 g/mol. The Morgan fingerprint density at radius 2 is 2.00 bits per heavy atom. The third kappa shape index (κ3) is 6.50. The lowest BCUT2D eigenvalue weighted by molar-refractivity contribution is 0.137. The molecule has 1 atom stereocenters. The average Bonchev–Trinajstić information content (AvgIpc) is 2.54. The van der Waals surface area contributed by atoms with Crippen LogP contribution in [0.1, 0.15) is 43.4 Å². The van der Waals surface area contributed by atoms with Gasteiger partial charge in [-0.15, -0.1) is 0 Å². The van der Waals surface area contributed by atoms with Gasteiger partial charge in [0.15, 0.2) is 0 Å². The first-order valence-corrected chi connectivity index (χ1v) is 8.78. The number of hydrogen-bond acceptors (Lipinski definition) is 3. The standard InChI is InChI=1S/C21H33NO2/c1-7-19(15-22(6)13-8-14-23)24-21-18(5)11-10-17(4)20(21)12-9-16(2)3/h9-12,19,23H,2,7-8,13-15H2,1,3-6H3/b12-9-/t19-/m1/s1. The first kappa shape index (κ1) is 20.5. The van der Waals surface area contributed by atoms with Crippen molar-refractivity contribution in [1.29, 1.82) is 0 Å². The maximum absolute atomic E-state index is 8.98. The fraction of sp³-hybridized carbons (Fsp3) is 0.524. The molecule has 0 spiro atoms. The monoisotopic (exact) mass is 331 g/mol. The van der Waals surface area contributed by atoms with Crippen molar-refractivity contribution in [3.63, 3.8) is 0 Å². The second-order valence-corrected chi connectivity index (χ2v) is 6.61. The Morgan fingerprint density at radius 3 is 2.58 bits per heavy atom. The van der Waals surface area contributed by atoms with Gasteiger partial charge in [0.2, 0.25) is 0 Å². The highest BCUT2D eigenvalue weighted by molar-refractivity contribution is 5.64. The molecule has 0 saturated carbocycles. The van der Waals surface area contributed by atoms with Crippen molar-refractivity contribution in [2.24, 2.45) is 0 Å². The zero-order chi connectivity index (χ0) is 18.1. The van der Waals surface area contributed by atoms with E-state index in [0.717, 1.165) is 48.4 Å². The molecule has 0 radical (unpaired) electrons. The Hall–Kier alpha value is -1.58. The summed E-state index contributed by atoms with van der Waals surface area (Å²) in [7, 11) is 2.08. The van der Waals surface area contributed by atoms with Gasteiger partial charge in [0.25, 0.3) is 0 Å². The van der Waals surface area contributed by atoms with Crippen LogP contribution in [0.5, 0.6) is 5.75 Å². The molecule has 0 aromatic heterocycles. The Balaban J connectivity index is 2.98. The van der Waals surface area contributed by atoms with E-state index in [9.17, 15) is 0 Å². The van der Waals surface area contributed by atoms with Crippen molar-refractivity contribution in [2.45, 2.75) is 46.6 Å². The van der Waals surface area contributed by atoms with Crippen LogP contribution in [0.25, 0.3) is 6.08 Å². The van der Waals surface area contributed by atoms with E-state index in [2.05, 4.69) is 57.5 Å². The van der Waals surface area contributed by atoms with Crippen LogP contribution in [0.2, 0.25) is 0 Å². The maximum atomic E-state index is 8.98. The van der Waals surface area contributed by atoms with E-state index in [1.165, 1.54) is 5.56 Å². The van der Waals surface area contributed by atoms with Gasteiger partial charge in [-0.2, -0.15) is 0 Å². The first-order chi connectivity index (χ1) is 11.4. The topological polar surface area (TPSA) is 32.7 Å². The van der Waals surface area contributed by atoms with Gasteiger partial charge in [0.1, 0.15) is 11.9 Å². The molecule has 1 N–H and O–H groups in total. The highest BCUT2D eigenvalue weighted by atomic mass is 16.5. The molecule has 0 aliphatic rings. The minimum atomic E-state index is 0.131. The van der Waals surface area contributed by atoms with Crippen molar-refractivity contribution in [1.82, 2.24) is 4.90 Å². The van der Waals surface area contributed by atoms with Crippen LogP contribution in [0.4, 0.5) is 0 Å². The van der Waals surface area contributed by atoms with Gasteiger partial charge in [-0.05, 0) is 51.8 Å². The van der Waals surface area contributed by atoms with Gasteiger partial charge in [-0.25, -0.2) is 0 Å². The molecule has 0 heterocycles. The van der Waals surface area contributed by atoms with Gasteiger partial charge in [-0.3, -0.25) is 0 Å².